The van der Waals surface area contributed by atoms with Crippen molar-refractivity contribution in [3.05, 3.63) is 75.4 Å². The number of benzene rings is 3. The average Bonchev–Trinajstić information content (AvgIpc) is 2.59. The van der Waals surface area contributed by atoms with E-state index in [4.69, 9.17) is 9.84 Å². The molecule has 0 aliphatic rings. The van der Waals surface area contributed by atoms with Gasteiger partial charge in [0.1, 0.15) is 5.75 Å². The Kier molecular flexibility index (Phi) is 4.80. The number of carbonyl (C=O) groups excluding carboxylic acids is 1. The van der Waals surface area contributed by atoms with Crippen molar-refractivity contribution in [2.45, 2.75) is 0 Å². The van der Waals surface area contributed by atoms with Crippen molar-refractivity contribution in [3.63, 3.8) is 0 Å². The van der Waals surface area contributed by atoms with E-state index in [-0.39, 0.29) is 18.0 Å². The van der Waals surface area contributed by atoms with Crippen LogP contribution in [0, 0.1) is 3.57 Å². The third-order valence-electron chi connectivity index (χ3n) is 3.61. The van der Waals surface area contributed by atoms with Crippen LogP contribution in [0.1, 0.15) is 20.7 Å². The molecule has 0 saturated heterocycles. The van der Waals surface area contributed by atoms with Gasteiger partial charge in [0.05, 0.1) is 9.13 Å². The quantitative estimate of drug-likeness (QED) is 0.480. The lowest BCUT2D eigenvalue weighted by atomic mass is 10.0. The molecule has 0 bridgehead atoms. The van der Waals surface area contributed by atoms with E-state index in [0.717, 1.165) is 10.8 Å². The molecule has 0 fully saturated rings. The van der Waals surface area contributed by atoms with E-state index in [2.05, 4.69) is 0 Å². The second-order valence-electron chi connectivity index (χ2n) is 5.22. The highest BCUT2D eigenvalue weighted by molar-refractivity contribution is 14.1. The lowest BCUT2D eigenvalue weighted by Crippen LogP contribution is -2.12. The first kappa shape index (κ1) is 16.4. The number of hydrogen-bond donors (Lipinski definition) is 1. The fourth-order valence-electron chi connectivity index (χ4n) is 2.34. The Morgan fingerprint density at radius 2 is 1.62 bits per heavy atom. The van der Waals surface area contributed by atoms with Gasteiger partial charge in [-0.2, -0.15) is 0 Å². The van der Waals surface area contributed by atoms with Gasteiger partial charge in [0.25, 0.3) is 0 Å². The van der Waals surface area contributed by atoms with E-state index in [1.807, 2.05) is 59.0 Å². The number of ether oxygens (including phenoxy) is 1. The minimum atomic E-state index is -0.994. The van der Waals surface area contributed by atoms with Crippen LogP contribution in [-0.4, -0.2) is 23.5 Å². The normalized spacial score (nSPS) is 10.5. The highest BCUT2D eigenvalue weighted by Crippen LogP contribution is 2.23. The van der Waals surface area contributed by atoms with E-state index in [1.165, 1.54) is 12.1 Å². The molecule has 120 valence electrons. The van der Waals surface area contributed by atoms with Gasteiger partial charge in [-0.05, 0) is 57.6 Å². The molecule has 0 unspecified atom stereocenters. The van der Waals surface area contributed by atoms with Crippen LogP contribution in [-0.2, 0) is 0 Å². The Bertz CT molecular complexity index is 934. The number of carbonyl (C=O) groups is 2. The van der Waals surface area contributed by atoms with E-state index in [1.54, 1.807) is 12.1 Å². The highest BCUT2D eigenvalue weighted by atomic mass is 127. The number of ketones is 1. The van der Waals surface area contributed by atoms with Crippen LogP contribution in [0.4, 0.5) is 0 Å². The fourth-order valence-corrected chi connectivity index (χ4v) is 3.01. The molecule has 0 heterocycles. The molecule has 0 aliphatic heterocycles. The van der Waals surface area contributed by atoms with Gasteiger partial charge in [-0.15, -0.1) is 0 Å². The summed E-state index contributed by atoms with van der Waals surface area (Å²) < 4.78 is 6.20. The molecule has 1 N–H and O–H groups in total. The minimum Gasteiger partial charge on any atom is -0.484 e. The predicted molar refractivity (Wildman–Crippen MR) is 99.9 cm³/mol. The Labute approximate surface area is 152 Å². The first-order valence-corrected chi connectivity index (χ1v) is 8.30. The first-order chi connectivity index (χ1) is 11.5. The van der Waals surface area contributed by atoms with Gasteiger partial charge < -0.3 is 9.84 Å². The third-order valence-corrected chi connectivity index (χ3v) is 4.45. The van der Waals surface area contributed by atoms with Gasteiger partial charge in [0.2, 0.25) is 0 Å². The molecule has 0 amide bonds. The Morgan fingerprint density at radius 1 is 0.917 bits per heavy atom. The Morgan fingerprint density at radius 3 is 2.33 bits per heavy atom. The summed E-state index contributed by atoms with van der Waals surface area (Å²) in [5.74, 6) is -0.625. The van der Waals surface area contributed by atoms with Crippen molar-refractivity contribution >= 4 is 45.1 Å². The molecule has 3 rings (SSSR count). The summed E-state index contributed by atoms with van der Waals surface area (Å²) in [5, 5.41) is 11.0. The van der Waals surface area contributed by atoms with Crippen LogP contribution in [0.25, 0.3) is 10.8 Å². The predicted octanol–water partition coefficient (Wildman–Crippen LogP) is 4.40. The van der Waals surface area contributed by atoms with E-state index < -0.39 is 5.97 Å². The van der Waals surface area contributed by atoms with Crippen LogP contribution in [0.15, 0.2) is 60.7 Å². The molecule has 5 heteroatoms. The molecule has 3 aromatic carbocycles. The Hall–Kier alpha value is -2.41. The van der Waals surface area contributed by atoms with Gasteiger partial charge in [-0.25, -0.2) is 4.79 Å². The number of aromatic carboxylic acids is 1. The average molecular weight is 432 g/mol. The van der Waals surface area contributed by atoms with E-state index in [0.29, 0.717) is 14.9 Å². The second-order valence-corrected chi connectivity index (χ2v) is 6.39. The summed E-state index contributed by atoms with van der Waals surface area (Å²) >= 11 is 1.99. The van der Waals surface area contributed by atoms with Gasteiger partial charge >= 0.3 is 5.97 Å². The maximum atomic E-state index is 12.3. The smallest absolute Gasteiger partial charge is 0.335 e. The van der Waals surface area contributed by atoms with Crippen molar-refractivity contribution in [2.24, 2.45) is 0 Å². The highest BCUT2D eigenvalue weighted by Gasteiger charge is 2.11. The van der Waals surface area contributed by atoms with E-state index in [9.17, 15) is 9.59 Å². The van der Waals surface area contributed by atoms with Crippen LogP contribution >= 0.6 is 22.6 Å². The summed E-state index contributed by atoms with van der Waals surface area (Å²) in [6, 6.07) is 17.9. The number of Topliss-reactive ketones (excluding diaryl/α,β-unsaturated/α-hetero) is 1. The van der Waals surface area contributed by atoms with Crippen LogP contribution in [0.3, 0.4) is 0 Å². The lowest BCUT2D eigenvalue weighted by molar-refractivity contribution is 0.0696. The molecule has 3 aromatic rings. The molecule has 4 nitrogen and oxygen atoms in total. The SMILES string of the molecule is O=C(O)c1ccc(OCC(=O)c2ccc3ccccc3c2)c(I)c1. The van der Waals surface area contributed by atoms with Crippen LogP contribution in [0.2, 0.25) is 0 Å². The molecular weight excluding hydrogens is 419 g/mol. The molecule has 24 heavy (non-hydrogen) atoms. The zero-order chi connectivity index (χ0) is 17.1. The largest absolute Gasteiger partial charge is 0.484 e. The first-order valence-electron chi connectivity index (χ1n) is 7.22. The fraction of sp³-hybridized carbons (Fsp3) is 0.0526. The zero-order valence-electron chi connectivity index (χ0n) is 12.5. The third kappa shape index (κ3) is 3.56. The monoisotopic (exact) mass is 432 g/mol. The number of carboxylic acids is 1. The standard InChI is InChI=1S/C19H13IO4/c20-16-10-15(19(22)23)7-8-18(16)24-11-17(21)14-6-5-12-3-1-2-4-13(12)9-14/h1-10H,11H2,(H,22,23). The number of hydrogen-bond acceptors (Lipinski definition) is 3. The van der Waals surface area contributed by atoms with Crippen molar-refractivity contribution < 1.29 is 19.4 Å². The van der Waals surface area contributed by atoms with E-state index >= 15 is 0 Å². The van der Waals surface area contributed by atoms with Crippen LogP contribution in [0.5, 0.6) is 5.75 Å². The maximum Gasteiger partial charge on any atom is 0.335 e. The molecular formula is C19H13IO4. The molecule has 0 atom stereocenters. The minimum absolute atomic E-state index is 0.0965. The molecule has 0 aromatic heterocycles. The summed E-state index contributed by atoms with van der Waals surface area (Å²) in [5.41, 5.74) is 0.776. The van der Waals surface area contributed by atoms with Gasteiger partial charge in [0.15, 0.2) is 12.4 Å². The molecule has 0 radical (unpaired) electrons. The van der Waals surface area contributed by atoms with Gasteiger partial charge in [0, 0.05) is 5.56 Å². The second kappa shape index (κ2) is 7.00. The van der Waals surface area contributed by atoms with Gasteiger partial charge in [-0.1, -0.05) is 36.4 Å². The summed E-state index contributed by atoms with van der Waals surface area (Å²) in [6.07, 6.45) is 0. The molecule has 0 aliphatic carbocycles. The lowest BCUT2D eigenvalue weighted by Gasteiger charge is -2.09. The Balaban J connectivity index is 1.73. The zero-order valence-corrected chi connectivity index (χ0v) is 14.7. The van der Waals surface area contributed by atoms with Crippen molar-refractivity contribution in [1.29, 1.82) is 0 Å². The number of carboxylic acid groups (broad SMARTS) is 1. The number of rotatable bonds is 5. The number of halogens is 1. The van der Waals surface area contributed by atoms with Crippen molar-refractivity contribution in [2.75, 3.05) is 6.61 Å². The van der Waals surface area contributed by atoms with Gasteiger partial charge in [-0.3, -0.25) is 4.79 Å². The van der Waals surface area contributed by atoms with Crippen LogP contribution < -0.4 is 4.74 Å². The summed E-state index contributed by atoms with van der Waals surface area (Å²) in [7, 11) is 0. The molecule has 0 saturated carbocycles. The summed E-state index contributed by atoms with van der Waals surface area (Å²) in [4.78, 5) is 23.3. The summed E-state index contributed by atoms with van der Waals surface area (Å²) in [6.45, 7) is -0.0965. The van der Waals surface area contributed by atoms with Crippen molar-refractivity contribution in [3.8, 4) is 5.75 Å². The molecule has 0 spiro atoms. The maximum absolute atomic E-state index is 12.3. The van der Waals surface area contributed by atoms with Crippen molar-refractivity contribution in [1.82, 2.24) is 0 Å². The topological polar surface area (TPSA) is 63.6 Å². The number of fused-ring (bicyclic) bond motifs is 1.